The molecule has 102 valence electrons. The highest BCUT2D eigenvalue weighted by Crippen LogP contribution is 2.14. The van der Waals surface area contributed by atoms with Gasteiger partial charge in [0.25, 0.3) is 0 Å². The number of rotatable bonds is 8. The Balaban J connectivity index is 2.32. The molecule has 0 spiro atoms. The van der Waals surface area contributed by atoms with Crippen LogP contribution in [0.15, 0.2) is 29.2 Å². The Kier molecular flexibility index (Phi) is 6.93. The minimum atomic E-state index is -0.970. The van der Waals surface area contributed by atoms with Gasteiger partial charge in [-0.25, -0.2) is 0 Å². The maximum Gasteiger partial charge on any atom is 0.119 e. The van der Waals surface area contributed by atoms with Crippen molar-refractivity contribution in [3.05, 3.63) is 24.3 Å². The second-order valence-corrected chi connectivity index (χ2v) is 5.47. The quantitative estimate of drug-likeness (QED) is 0.697. The molecular weight excluding hydrogens is 250 g/mol. The van der Waals surface area contributed by atoms with Gasteiger partial charge in [0.1, 0.15) is 18.5 Å². The molecule has 2 atom stereocenters. The molecule has 5 heteroatoms. The summed E-state index contributed by atoms with van der Waals surface area (Å²) >= 11 is 0. The van der Waals surface area contributed by atoms with Gasteiger partial charge in [0.15, 0.2) is 0 Å². The number of aliphatic hydroxyl groups excluding tert-OH is 1. The first-order chi connectivity index (χ1) is 8.63. The zero-order valence-corrected chi connectivity index (χ0v) is 11.7. The molecule has 4 nitrogen and oxygen atoms in total. The van der Waals surface area contributed by atoms with Crippen molar-refractivity contribution in [1.29, 1.82) is 0 Å². The van der Waals surface area contributed by atoms with Crippen LogP contribution in [-0.4, -0.2) is 41.4 Å². The summed E-state index contributed by atoms with van der Waals surface area (Å²) in [6, 6.07) is 7.08. The molecule has 2 N–H and O–H groups in total. The van der Waals surface area contributed by atoms with Gasteiger partial charge in [-0.1, -0.05) is 6.92 Å². The molecule has 1 aromatic carbocycles. The van der Waals surface area contributed by atoms with Crippen LogP contribution in [0.2, 0.25) is 0 Å². The van der Waals surface area contributed by atoms with Crippen LogP contribution in [0.1, 0.15) is 13.3 Å². The zero-order chi connectivity index (χ0) is 13.4. The summed E-state index contributed by atoms with van der Waals surface area (Å²) in [7, 11) is -0.970. The summed E-state index contributed by atoms with van der Waals surface area (Å²) in [6.07, 6.45) is 2.17. The van der Waals surface area contributed by atoms with Crippen LogP contribution >= 0.6 is 0 Å². The molecule has 18 heavy (non-hydrogen) atoms. The second kappa shape index (κ2) is 8.24. The lowest BCUT2D eigenvalue weighted by Crippen LogP contribution is -2.31. The van der Waals surface area contributed by atoms with Crippen molar-refractivity contribution < 1.29 is 14.1 Å². The van der Waals surface area contributed by atoms with E-state index in [9.17, 15) is 9.32 Å². The molecule has 0 aliphatic carbocycles. The van der Waals surface area contributed by atoms with E-state index < -0.39 is 16.9 Å². The Labute approximate surface area is 111 Å². The second-order valence-electron chi connectivity index (χ2n) is 4.09. The number of hydrogen-bond donors (Lipinski definition) is 2. The van der Waals surface area contributed by atoms with Crippen molar-refractivity contribution in [1.82, 2.24) is 5.32 Å². The number of nitrogens with one attached hydrogen (secondary N) is 1. The van der Waals surface area contributed by atoms with Crippen LogP contribution in [0.5, 0.6) is 5.75 Å². The van der Waals surface area contributed by atoms with Crippen LogP contribution in [0, 0.1) is 0 Å². The average molecular weight is 271 g/mol. The number of ether oxygens (including phenoxy) is 1. The van der Waals surface area contributed by atoms with Crippen LogP contribution in [-0.2, 0) is 10.8 Å². The zero-order valence-electron chi connectivity index (χ0n) is 10.9. The van der Waals surface area contributed by atoms with Gasteiger partial charge >= 0.3 is 0 Å². The first-order valence-corrected chi connectivity index (χ1v) is 7.64. The van der Waals surface area contributed by atoms with Crippen molar-refractivity contribution in [3.63, 3.8) is 0 Å². The highest BCUT2D eigenvalue weighted by Gasteiger charge is 2.05. The van der Waals surface area contributed by atoms with Crippen molar-refractivity contribution in [2.24, 2.45) is 0 Å². The van der Waals surface area contributed by atoms with Crippen molar-refractivity contribution in [2.45, 2.75) is 24.3 Å². The van der Waals surface area contributed by atoms with Gasteiger partial charge in [-0.15, -0.1) is 0 Å². The molecule has 1 rings (SSSR count). The van der Waals surface area contributed by atoms with E-state index in [1.807, 2.05) is 0 Å². The predicted molar refractivity (Wildman–Crippen MR) is 73.4 cm³/mol. The summed E-state index contributed by atoms with van der Waals surface area (Å²) in [5.74, 6) is 0.679. The topological polar surface area (TPSA) is 58.6 Å². The molecule has 1 aromatic rings. The van der Waals surface area contributed by atoms with Gasteiger partial charge < -0.3 is 15.2 Å². The highest BCUT2D eigenvalue weighted by atomic mass is 32.2. The third kappa shape index (κ3) is 5.62. The maximum absolute atomic E-state index is 11.2. The Bertz CT molecular complexity index is 367. The summed E-state index contributed by atoms with van der Waals surface area (Å²) in [5, 5.41) is 12.8. The van der Waals surface area contributed by atoms with Crippen LogP contribution in [0.25, 0.3) is 0 Å². The third-order valence-electron chi connectivity index (χ3n) is 2.40. The van der Waals surface area contributed by atoms with Gasteiger partial charge in [0.2, 0.25) is 0 Å². The van der Waals surface area contributed by atoms with E-state index >= 15 is 0 Å². The third-order valence-corrected chi connectivity index (χ3v) is 3.34. The minimum absolute atomic E-state index is 0.255. The van der Waals surface area contributed by atoms with E-state index in [2.05, 4.69) is 12.2 Å². The SMILES string of the molecule is CCCNCC(O)COc1ccc(S(C)=O)cc1. The summed E-state index contributed by atoms with van der Waals surface area (Å²) < 4.78 is 16.6. The number of benzene rings is 1. The summed E-state index contributed by atoms with van der Waals surface area (Å²) in [5.41, 5.74) is 0. The molecular formula is C13H21NO3S. The van der Waals surface area contributed by atoms with Gasteiger partial charge in [-0.3, -0.25) is 4.21 Å². The first kappa shape index (κ1) is 15.1. The fraction of sp³-hybridized carbons (Fsp3) is 0.538. The van der Waals surface area contributed by atoms with Gasteiger partial charge in [0.05, 0.1) is 0 Å². The smallest absolute Gasteiger partial charge is 0.119 e. The Morgan fingerprint density at radius 2 is 2.06 bits per heavy atom. The monoisotopic (exact) mass is 271 g/mol. The van der Waals surface area contributed by atoms with E-state index in [-0.39, 0.29) is 6.61 Å². The fourth-order valence-electron chi connectivity index (χ4n) is 1.42. The lowest BCUT2D eigenvalue weighted by molar-refractivity contribution is 0.106. The minimum Gasteiger partial charge on any atom is -0.491 e. The van der Waals surface area contributed by atoms with Crippen LogP contribution in [0.4, 0.5) is 0 Å². The first-order valence-electron chi connectivity index (χ1n) is 6.08. The van der Waals surface area contributed by atoms with Crippen LogP contribution < -0.4 is 10.1 Å². The molecule has 0 bridgehead atoms. The van der Waals surface area contributed by atoms with E-state index in [1.54, 1.807) is 30.5 Å². The molecule has 0 aliphatic rings. The molecule has 0 amide bonds. The molecule has 0 saturated heterocycles. The molecule has 0 saturated carbocycles. The van der Waals surface area contributed by atoms with Crippen molar-refractivity contribution >= 4 is 10.8 Å². The van der Waals surface area contributed by atoms with E-state index in [1.165, 1.54) is 0 Å². The molecule has 0 fully saturated rings. The molecule has 0 radical (unpaired) electrons. The lowest BCUT2D eigenvalue weighted by atomic mass is 10.3. The van der Waals surface area contributed by atoms with E-state index in [0.717, 1.165) is 17.9 Å². The Morgan fingerprint density at radius 1 is 1.39 bits per heavy atom. The van der Waals surface area contributed by atoms with Gasteiger partial charge in [0, 0.05) is 28.5 Å². The summed E-state index contributed by atoms with van der Waals surface area (Å²) in [6.45, 7) is 3.76. The van der Waals surface area contributed by atoms with Crippen LogP contribution in [0.3, 0.4) is 0 Å². The van der Waals surface area contributed by atoms with Crippen molar-refractivity contribution in [3.8, 4) is 5.75 Å². The largest absolute Gasteiger partial charge is 0.491 e. The maximum atomic E-state index is 11.2. The van der Waals surface area contributed by atoms with Crippen molar-refractivity contribution in [2.75, 3.05) is 26.0 Å². The standard InChI is InChI=1S/C13H21NO3S/c1-3-8-14-9-11(15)10-17-12-4-6-13(7-5-12)18(2)16/h4-7,11,14-15H,3,8-10H2,1-2H3. The Morgan fingerprint density at radius 3 is 2.61 bits per heavy atom. The van der Waals surface area contributed by atoms with Gasteiger partial charge in [-0.05, 0) is 37.2 Å². The van der Waals surface area contributed by atoms with Gasteiger partial charge in [-0.2, -0.15) is 0 Å². The lowest BCUT2D eigenvalue weighted by Gasteiger charge is -2.13. The summed E-state index contributed by atoms with van der Waals surface area (Å²) in [4.78, 5) is 0.771. The highest BCUT2D eigenvalue weighted by molar-refractivity contribution is 7.84. The molecule has 0 heterocycles. The fourth-order valence-corrected chi connectivity index (χ4v) is 1.94. The average Bonchev–Trinajstić information content (AvgIpc) is 2.37. The number of aliphatic hydroxyl groups is 1. The number of hydrogen-bond acceptors (Lipinski definition) is 4. The molecule has 0 aliphatic heterocycles. The predicted octanol–water partition coefficient (Wildman–Crippen LogP) is 1.16. The normalized spacial score (nSPS) is 14.2. The van der Waals surface area contributed by atoms with E-state index in [0.29, 0.717) is 12.3 Å². The molecule has 2 unspecified atom stereocenters. The van der Waals surface area contributed by atoms with E-state index in [4.69, 9.17) is 4.74 Å². The Hall–Kier alpha value is -0.910. The molecule has 0 aromatic heterocycles.